The summed E-state index contributed by atoms with van der Waals surface area (Å²) in [5, 5.41) is 8.73. The molecule has 2 aromatic carbocycles. The Morgan fingerprint density at radius 1 is 1.00 bits per heavy atom. The molecule has 0 spiro atoms. The molecule has 1 fully saturated rings. The molecule has 13 heteroatoms. The summed E-state index contributed by atoms with van der Waals surface area (Å²) in [5.74, 6) is -0.466. The van der Waals surface area contributed by atoms with Crippen LogP contribution in [0.25, 0.3) is 22.0 Å². The van der Waals surface area contributed by atoms with Crippen molar-refractivity contribution in [2.24, 2.45) is 17.6 Å². The van der Waals surface area contributed by atoms with E-state index in [-0.39, 0.29) is 29.7 Å². The summed E-state index contributed by atoms with van der Waals surface area (Å²) in [4.78, 5) is 60.4. The number of pyridine rings is 1. The van der Waals surface area contributed by atoms with Crippen LogP contribution in [0.15, 0.2) is 65.6 Å². The smallest absolute Gasteiger partial charge is 0.407 e. The lowest BCUT2D eigenvalue weighted by molar-refractivity contribution is -0.127. The molecular weight excluding hydrogens is 662 g/mol. The minimum absolute atomic E-state index is 0.173. The number of nitrogens with two attached hydrogens (primary N) is 1. The number of nitrogens with zero attached hydrogens (tertiary/aromatic N) is 3. The van der Waals surface area contributed by atoms with Crippen LogP contribution in [0.5, 0.6) is 5.88 Å². The Morgan fingerprint density at radius 3 is 2.44 bits per heavy atom. The summed E-state index contributed by atoms with van der Waals surface area (Å²) in [7, 11) is 4.05. The number of primary amides is 1. The molecule has 3 amide bonds. The van der Waals surface area contributed by atoms with Crippen LogP contribution in [0.2, 0.25) is 0 Å². The fourth-order valence-electron chi connectivity index (χ4n) is 6.60. The number of nitrogens with one attached hydrogen (secondary N) is 3. The number of aromatic nitrogens is 3. The first-order chi connectivity index (χ1) is 24.8. The quantitative estimate of drug-likeness (QED) is 0.132. The van der Waals surface area contributed by atoms with Crippen molar-refractivity contribution in [3.05, 3.63) is 76.7 Å². The summed E-state index contributed by atoms with van der Waals surface area (Å²) in [5.41, 5.74) is 8.80. The molecule has 2 heterocycles. The molecule has 1 atom stereocenters. The predicted octanol–water partition coefficient (Wildman–Crippen LogP) is 5.01. The van der Waals surface area contributed by atoms with Gasteiger partial charge in [-0.1, -0.05) is 24.3 Å². The maximum atomic E-state index is 14.5. The van der Waals surface area contributed by atoms with Crippen LogP contribution in [0, 0.1) is 11.8 Å². The van der Waals surface area contributed by atoms with E-state index >= 15 is 0 Å². The second-order valence-corrected chi connectivity index (χ2v) is 14.8. The molecule has 1 saturated carbocycles. The monoisotopic (exact) mass is 713 g/mol. The van der Waals surface area contributed by atoms with E-state index in [9.17, 15) is 19.2 Å². The average Bonchev–Trinajstić information content (AvgIpc) is 3.48. The molecule has 0 aliphatic heterocycles. The van der Waals surface area contributed by atoms with Crippen molar-refractivity contribution in [3.63, 3.8) is 0 Å². The average molecular weight is 714 g/mol. The van der Waals surface area contributed by atoms with Gasteiger partial charge >= 0.3 is 6.09 Å². The van der Waals surface area contributed by atoms with Crippen LogP contribution < -0.4 is 26.2 Å². The number of H-pyrrole nitrogens is 2. The minimum Gasteiger partial charge on any atom is -0.478 e. The van der Waals surface area contributed by atoms with Gasteiger partial charge in [-0.2, -0.15) is 0 Å². The van der Waals surface area contributed by atoms with Gasteiger partial charge in [-0.15, -0.1) is 0 Å². The van der Waals surface area contributed by atoms with Gasteiger partial charge < -0.3 is 25.4 Å². The predicted molar refractivity (Wildman–Crippen MR) is 201 cm³/mol. The first kappa shape index (κ1) is 38.1. The van der Waals surface area contributed by atoms with E-state index < -0.39 is 23.6 Å². The topological polar surface area (TPSA) is 176 Å². The third-order valence-corrected chi connectivity index (χ3v) is 9.27. The summed E-state index contributed by atoms with van der Waals surface area (Å²) in [6, 6.07) is 15.6. The van der Waals surface area contributed by atoms with E-state index in [1.807, 2.05) is 71.3 Å². The highest BCUT2D eigenvalue weighted by Gasteiger charge is 2.36. The zero-order valence-corrected chi connectivity index (χ0v) is 30.7. The zero-order valence-electron chi connectivity index (χ0n) is 30.7. The molecule has 13 nitrogen and oxygen atoms in total. The Morgan fingerprint density at radius 2 is 1.77 bits per heavy atom. The molecule has 4 aromatic rings. The van der Waals surface area contributed by atoms with E-state index in [4.69, 9.17) is 15.2 Å². The third-order valence-electron chi connectivity index (χ3n) is 9.27. The van der Waals surface area contributed by atoms with Gasteiger partial charge in [0.25, 0.3) is 5.56 Å². The summed E-state index contributed by atoms with van der Waals surface area (Å²) >= 11 is 0. The number of ether oxygens (including phenoxy) is 2. The molecule has 0 bridgehead atoms. The van der Waals surface area contributed by atoms with Crippen molar-refractivity contribution >= 4 is 34.5 Å². The molecule has 52 heavy (non-hydrogen) atoms. The van der Waals surface area contributed by atoms with Crippen molar-refractivity contribution in [2.45, 2.75) is 70.9 Å². The highest BCUT2D eigenvalue weighted by Crippen LogP contribution is 2.33. The second-order valence-electron chi connectivity index (χ2n) is 14.8. The van der Waals surface area contributed by atoms with Crippen LogP contribution >= 0.6 is 0 Å². The van der Waals surface area contributed by atoms with Crippen LogP contribution in [0.1, 0.15) is 58.4 Å². The summed E-state index contributed by atoms with van der Waals surface area (Å²) in [6.07, 6.45) is 4.98. The molecule has 0 unspecified atom stereocenters. The number of anilines is 1. The largest absolute Gasteiger partial charge is 0.478 e. The van der Waals surface area contributed by atoms with E-state index in [1.54, 1.807) is 24.4 Å². The maximum Gasteiger partial charge on any atom is 0.407 e. The second kappa shape index (κ2) is 16.9. The van der Waals surface area contributed by atoms with Crippen LogP contribution in [0.3, 0.4) is 0 Å². The number of hydrogen-bond donors (Lipinski definition) is 4. The highest BCUT2D eigenvalue weighted by atomic mass is 16.6. The van der Waals surface area contributed by atoms with Crippen molar-refractivity contribution in [1.29, 1.82) is 0 Å². The molecule has 5 rings (SSSR count). The van der Waals surface area contributed by atoms with Gasteiger partial charge in [-0.25, -0.2) is 9.78 Å². The highest BCUT2D eigenvalue weighted by molar-refractivity contribution is 6.03. The lowest BCUT2D eigenvalue weighted by atomic mass is 9.81. The van der Waals surface area contributed by atoms with Crippen LogP contribution in [-0.2, 0) is 20.7 Å². The molecule has 0 saturated heterocycles. The number of rotatable bonds is 14. The molecule has 278 valence electrons. The van der Waals surface area contributed by atoms with Gasteiger partial charge in [0.15, 0.2) is 0 Å². The van der Waals surface area contributed by atoms with E-state index in [0.29, 0.717) is 48.5 Å². The number of aromatic amines is 2. The number of carbonyl (C=O) groups excluding carboxylic acids is 3. The van der Waals surface area contributed by atoms with Gasteiger partial charge in [0, 0.05) is 48.9 Å². The molecule has 1 aliphatic carbocycles. The van der Waals surface area contributed by atoms with E-state index in [2.05, 4.69) is 25.4 Å². The van der Waals surface area contributed by atoms with Gasteiger partial charge in [-0.3, -0.25) is 29.5 Å². The van der Waals surface area contributed by atoms with Crippen molar-refractivity contribution < 1.29 is 23.9 Å². The lowest BCUT2D eigenvalue weighted by Crippen LogP contribution is -2.52. The zero-order chi connectivity index (χ0) is 37.4. The Kier molecular flexibility index (Phi) is 12.4. The SMILES string of the molecule is CN(C)CCCOc1ccc(-c2cccc(C[C@@H](C(N)=O)N(c3ccc4c(=O)[nH][nH]c4c3)C(=O)[C@H]3CC[C@H](CNC(=O)OC(C)(C)C)CC3)c2)cn1. The first-order valence-electron chi connectivity index (χ1n) is 17.9. The van der Waals surface area contributed by atoms with Gasteiger partial charge in [0.2, 0.25) is 17.7 Å². The van der Waals surface area contributed by atoms with Crippen molar-refractivity contribution in [3.8, 4) is 17.0 Å². The van der Waals surface area contributed by atoms with Crippen LogP contribution in [0.4, 0.5) is 10.5 Å². The number of alkyl carbamates (subject to hydrolysis) is 1. The molecule has 2 aromatic heterocycles. The van der Waals surface area contributed by atoms with Gasteiger partial charge in [0.05, 0.1) is 17.5 Å². The van der Waals surface area contributed by atoms with Crippen molar-refractivity contribution in [1.82, 2.24) is 25.4 Å². The molecular formula is C39H51N7O6. The Bertz CT molecular complexity index is 1890. The third kappa shape index (κ3) is 10.2. The Balaban J connectivity index is 1.34. The standard InChI is InChI=1S/C39H51N7O6/c1-39(2,3)52-38(50)42-23-25-10-12-27(13-11-25)37(49)46(30-15-16-31-32(22-30)43-44-36(31)48)33(35(40)47)21-26-8-6-9-28(20-26)29-14-17-34(41-24-29)51-19-7-18-45(4)5/h6,8-9,14-17,20,22,24-25,27,33H,7,10-13,18-19,21,23H2,1-5H3,(H2,40,47)(H,42,50)(H2,43,44,48)/t25-,27-,33-/m0/s1. The fraction of sp³-hybridized carbons (Fsp3) is 0.462. The van der Waals surface area contributed by atoms with E-state index in [1.165, 1.54) is 4.90 Å². The number of amides is 3. The number of fused-ring (bicyclic) bond motifs is 1. The molecule has 1 aliphatic rings. The summed E-state index contributed by atoms with van der Waals surface area (Å²) in [6.45, 7) is 7.41. The first-order valence-corrected chi connectivity index (χ1v) is 17.9. The Labute approximate surface area is 304 Å². The minimum atomic E-state index is -1.01. The van der Waals surface area contributed by atoms with Gasteiger partial charge in [0.1, 0.15) is 11.6 Å². The number of carbonyl (C=O) groups is 3. The normalized spacial score (nSPS) is 16.7. The maximum absolute atomic E-state index is 14.5. The molecule has 0 radical (unpaired) electrons. The van der Waals surface area contributed by atoms with E-state index in [0.717, 1.165) is 42.5 Å². The summed E-state index contributed by atoms with van der Waals surface area (Å²) < 4.78 is 11.2. The van der Waals surface area contributed by atoms with Crippen molar-refractivity contribution in [2.75, 3.05) is 38.7 Å². The van der Waals surface area contributed by atoms with Crippen LogP contribution in [-0.4, -0.2) is 83.4 Å². The molecule has 5 N–H and O–H groups in total. The lowest BCUT2D eigenvalue weighted by Gasteiger charge is -2.36. The number of hydrogen-bond acceptors (Lipinski definition) is 8. The number of benzene rings is 2. The van der Waals surface area contributed by atoms with Gasteiger partial charge in [-0.05, 0) is 108 Å². The fourth-order valence-corrected chi connectivity index (χ4v) is 6.60. The Hall–Kier alpha value is -5.17.